The number of carbonyl (C=O) groups excluding carboxylic acids is 3. The Morgan fingerprint density at radius 2 is 2.02 bits per heavy atom. The van der Waals surface area contributed by atoms with Gasteiger partial charge in [-0.3, -0.25) is 4.79 Å². The molecular weight excluding hydrogens is 536 g/mol. The van der Waals surface area contributed by atoms with Gasteiger partial charge in [0.1, 0.15) is 23.0 Å². The molecule has 1 aliphatic carbocycles. The second-order valence-corrected chi connectivity index (χ2v) is 11.3. The summed E-state index contributed by atoms with van der Waals surface area (Å²) in [4.78, 5) is 47.6. The van der Waals surface area contributed by atoms with Crippen molar-refractivity contribution in [1.82, 2.24) is 9.88 Å². The topological polar surface area (TPSA) is 119 Å². The van der Waals surface area contributed by atoms with Crippen LogP contribution in [0.5, 0.6) is 5.75 Å². The Morgan fingerprint density at radius 3 is 2.69 bits per heavy atom. The van der Waals surface area contributed by atoms with Crippen LogP contribution in [-0.4, -0.2) is 53.4 Å². The number of esters is 1. The molecule has 0 spiro atoms. The maximum Gasteiger partial charge on any atom is 0.422 e. The van der Waals surface area contributed by atoms with Gasteiger partial charge in [-0.15, -0.1) is 0 Å². The van der Waals surface area contributed by atoms with Crippen LogP contribution in [-0.2, 0) is 27.2 Å². The van der Waals surface area contributed by atoms with Crippen molar-refractivity contribution in [2.45, 2.75) is 65.5 Å². The van der Waals surface area contributed by atoms with E-state index in [1.54, 1.807) is 45.2 Å². The number of aromatic nitrogens is 1. The van der Waals surface area contributed by atoms with E-state index < -0.39 is 11.7 Å². The van der Waals surface area contributed by atoms with Crippen LogP contribution in [0.25, 0.3) is 5.57 Å². The number of rotatable bonds is 9. The number of carbonyl (C=O) groups is 3. The number of nitrogens with zero attached hydrogens (tertiary/aromatic N) is 3. The van der Waals surface area contributed by atoms with E-state index in [0.717, 1.165) is 52.2 Å². The average Bonchev–Trinajstić information content (AvgIpc) is 3.40. The molecule has 2 heterocycles. The number of nitrogens with one attached hydrogen (secondary N) is 1. The number of hydrogen-bond acceptors (Lipinski definition) is 9. The summed E-state index contributed by atoms with van der Waals surface area (Å²) in [5.74, 6) is 0.510. The highest BCUT2D eigenvalue weighted by atomic mass is 16.6. The van der Waals surface area contributed by atoms with E-state index in [1.807, 2.05) is 19.1 Å². The van der Waals surface area contributed by atoms with Crippen LogP contribution >= 0.6 is 0 Å². The third-order valence-corrected chi connectivity index (χ3v) is 7.02. The van der Waals surface area contributed by atoms with Crippen LogP contribution in [0.3, 0.4) is 0 Å². The number of pyridine rings is 1. The first-order valence-electron chi connectivity index (χ1n) is 14.0. The predicted molar refractivity (Wildman–Crippen MR) is 160 cm³/mol. The van der Waals surface area contributed by atoms with Crippen LogP contribution in [0.1, 0.15) is 74.0 Å². The van der Waals surface area contributed by atoms with Gasteiger partial charge in [0.25, 0.3) is 0 Å². The zero-order chi connectivity index (χ0) is 30.4. The minimum absolute atomic E-state index is 0.000575. The van der Waals surface area contributed by atoms with Crippen molar-refractivity contribution in [3.63, 3.8) is 0 Å². The molecule has 1 aromatic carbocycles. The summed E-state index contributed by atoms with van der Waals surface area (Å²) in [6.07, 6.45) is 7.34. The van der Waals surface area contributed by atoms with Crippen molar-refractivity contribution in [1.29, 1.82) is 0 Å². The van der Waals surface area contributed by atoms with Crippen molar-refractivity contribution in [3.05, 3.63) is 71.2 Å². The number of fused-ring (bicyclic) bond motifs is 1. The first kappa shape index (κ1) is 30.5. The molecule has 1 saturated carbocycles. The van der Waals surface area contributed by atoms with Gasteiger partial charge in [0, 0.05) is 42.4 Å². The lowest BCUT2D eigenvalue weighted by molar-refractivity contribution is -0.135. The van der Waals surface area contributed by atoms with Gasteiger partial charge in [0.2, 0.25) is 5.91 Å². The smallest absolute Gasteiger partial charge is 0.422 e. The van der Waals surface area contributed by atoms with Crippen LogP contribution in [0.15, 0.2) is 53.9 Å². The fraction of sp³-hybridized carbons (Fsp3) is 0.406. The van der Waals surface area contributed by atoms with Gasteiger partial charge in [-0.05, 0) is 69.9 Å². The maximum atomic E-state index is 13.0. The molecule has 0 radical (unpaired) electrons. The van der Waals surface area contributed by atoms with E-state index >= 15 is 0 Å². The molecule has 2 aromatic rings. The number of allylic oxidation sites excluding steroid dienone is 2. The summed E-state index contributed by atoms with van der Waals surface area (Å²) < 4.78 is 16.2. The summed E-state index contributed by atoms with van der Waals surface area (Å²) in [5.41, 5.74) is 3.25. The Balaban J connectivity index is 1.48. The second-order valence-electron chi connectivity index (χ2n) is 11.3. The Labute approximate surface area is 246 Å². The number of hydrogen-bond donors (Lipinski definition) is 1. The van der Waals surface area contributed by atoms with Gasteiger partial charge < -0.3 is 19.5 Å². The van der Waals surface area contributed by atoms with Gasteiger partial charge in [0.15, 0.2) is 0 Å². The lowest BCUT2D eigenvalue weighted by atomic mass is 9.84. The van der Waals surface area contributed by atoms with Gasteiger partial charge in [0.05, 0.1) is 19.3 Å². The molecule has 2 aliphatic rings. The fourth-order valence-electron chi connectivity index (χ4n) is 4.58. The molecule has 1 aliphatic heterocycles. The number of methoxy groups -OCH3 is 1. The molecule has 1 aromatic heterocycles. The molecule has 1 fully saturated rings. The first-order valence-corrected chi connectivity index (χ1v) is 14.0. The maximum absolute atomic E-state index is 13.0. The predicted octanol–water partition coefficient (Wildman–Crippen LogP) is 5.92. The highest BCUT2D eigenvalue weighted by Gasteiger charge is 2.36. The molecule has 0 bridgehead atoms. The SMILES string of the molecule is C=C(N=C/C=C(\C)c1cnc(NCc2cccc(C(=O)OC)c2)c2c1OCC2)N(C(=O)OC(C)(C)C)C(=O)C1CCC1. The molecule has 0 saturated heterocycles. The van der Waals surface area contributed by atoms with Crippen molar-refractivity contribution >= 4 is 35.6 Å². The summed E-state index contributed by atoms with van der Waals surface area (Å²) in [6.45, 7) is 12.0. The highest BCUT2D eigenvalue weighted by molar-refractivity contribution is 5.96. The van der Waals surface area contributed by atoms with E-state index in [0.29, 0.717) is 31.0 Å². The molecule has 42 heavy (non-hydrogen) atoms. The third-order valence-electron chi connectivity index (χ3n) is 7.02. The molecule has 222 valence electrons. The second kappa shape index (κ2) is 13.0. The summed E-state index contributed by atoms with van der Waals surface area (Å²) in [7, 11) is 1.36. The summed E-state index contributed by atoms with van der Waals surface area (Å²) in [6, 6.07) is 7.23. The molecule has 2 amide bonds. The van der Waals surface area contributed by atoms with Crippen molar-refractivity contribution in [2.75, 3.05) is 19.0 Å². The number of anilines is 1. The Hall–Kier alpha value is -4.47. The normalized spacial score (nSPS) is 14.9. The zero-order valence-electron chi connectivity index (χ0n) is 24.9. The third kappa shape index (κ3) is 7.23. The van der Waals surface area contributed by atoms with Crippen LogP contribution in [0, 0.1) is 5.92 Å². The molecule has 10 heteroatoms. The van der Waals surface area contributed by atoms with E-state index in [-0.39, 0.29) is 23.6 Å². The molecule has 1 N–H and O–H groups in total. The van der Waals surface area contributed by atoms with Gasteiger partial charge in [-0.25, -0.2) is 19.6 Å². The standard InChI is InChI=1S/C32H38N4O6/c1-20(13-15-33-21(2)36(29(37)23-10-8-11-23)31(39)42-32(3,4)5)26-19-35-28(25-14-16-41-27(25)26)34-18-22-9-7-12-24(17-22)30(38)40-6/h7,9,12-13,15,17,19,23H,2,8,10-11,14,16,18H2,1,3-6H3,(H,34,35)/b20-13+,33-15?. The number of aliphatic imine (C=N–C) groups is 1. The van der Waals surface area contributed by atoms with Crippen LogP contribution < -0.4 is 10.1 Å². The summed E-state index contributed by atoms with van der Waals surface area (Å²) in [5, 5.41) is 3.36. The van der Waals surface area contributed by atoms with Gasteiger partial charge in [-0.2, -0.15) is 4.90 Å². The minimum Gasteiger partial charge on any atom is -0.492 e. The lowest BCUT2D eigenvalue weighted by Gasteiger charge is -2.31. The molecule has 0 atom stereocenters. The van der Waals surface area contributed by atoms with E-state index in [2.05, 4.69) is 21.9 Å². The molecule has 10 nitrogen and oxygen atoms in total. The lowest BCUT2D eigenvalue weighted by Crippen LogP contribution is -2.44. The number of benzene rings is 1. The number of amides is 2. The molecular formula is C32H38N4O6. The van der Waals surface area contributed by atoms with Gasteiger partial charge >= 0.3 is 12.1 Å². The Morgan fingerprint density at radius 1 is 1.26 bits per heavy atom. The van der Waals surface area contributed by atoms with E-state index in [4.69, 9.17) is 14.2 Å². The first-order chi connectivity index (χ1) is 20.0. The van der Waals surface area contributed by atoms with E-state index in [1.165, 1.54) is 13.3 Å². The van der Waals surface area contributed by atoms with Crippen LogP contribution in [0.2, 0.25) is 0 Å². The monoisotopic (exact) mass is 574 g/mol. The quantitative estimate of drug-likeness (QED) is 0.289. The van der Waals surface area contributed by atoms with Crippen molar-refractivity contribution in [2.24, 2.45) is 10.9 Å². The Kier molecular flexibility index (Phi) is 9.45. The minimum atomic E-state index is -0.780. The number of imide groups is 1. The van der Waals surface area contributed by atoms with Crippen molar-refractivity contribution in [3.8, 4) is 5.75 Å². The van der Waals surface area contributed by atoms with E-state index in [9.17, 15) is 14.4 Å². The highest BCUT2D eigenvalue weighted by Crippen LogP contribution is 2.37. The number of ether oxygens (including phenoxy) is 3. The van der Waals surface area contributed by atoms with Crippen LogP contribution in [0.4, 0.5) is 10.6 Å². The fourth-order valence-corrected chi connectivity index (χ4v) is 4.58. The largest absolute Gasteiger partial charge is 0.492 e. The summed E-state index contributed by atoms with van der Waals surface area (Å²) >= 11 is 0. The van der Waals surface area contributed by atoms with Crippen molar-refractivity contribution < 1.29 is 28.6 Å². The average molecular weight is 575 g/mol. The molecule has 4 rings (SSSR count). The van der Waals surface area contributed by atoms with Gasteiger partial charge in [-0.1, -0.05) is 25.1 Å². The Bertz CT molecular complexity index is 1430. The molecule has 0 unspecified atom stereocenters. The zero-order valence-corrected chi connectivity index (χ0v) is 24.9.